The summed E-state index contributed by atoms with van der Waals surface area (Å²) in [5.74, 6) is 0.441. The van der Waals surface area contributed by atoms with Crippen molar-refractivity contribution in [1.29, 1.82) is 0 Å². The zero-order chi connectivity index (χ0) is 13.4. The molecule has 1 heterocycles. The molecule has 0 spiro atoms. The van der Waals surface area contributed by atoms with E-state index in [-0.39, 0.29) is 5.91 Å². The third-order valence-corrected chi connectivity index (χ3v) is 4.86. The summed E-state index contributed by atoms with van der Waals surface area (Å²) >= 11 is 9.52. The molecule has 1 fully saturated rings. The summed E-state index contributed by atoms with van der Waals surface area (Å²) in [6.45, 7) is 0. The van der Waals surface area contributed by atoms with Gasteiger partial charge in [0.15, 0.2) is 5.13 Å². The van der Waals surface area contributed by atoms with Gasteiger partial charge in [0.25, 0.3) is 5.91 Å². The lowest BCUT2D eigenvalue weighted by Crippen LogP contribution is -2.13. The number of halogens is 2. The lowest BCUT2D eigenvalue weighted by molar-refractivity contribution is 0.102. The van der Waals surface area contributed by atoms with Gasteiger partial charge < -0.3 is 0 Å². The van der Waals surface area contributed by atoms with E-state index in [2.05, 4.69) is 32.9 Å². The molecule has 0 atom stereocenters. The minimum absolute atomic E-state index is 0.163. The van der Waals surface area contributed by atoms with Crippen molar-refractivity contribution in [3.05, 3.63) is 43.4 Å². The molecule has 1 amide bonds. The second kappa shape index (κ2) is 5.38. The van der Waals surface area contributed by atoms with E-state index in [1.54, 1.807) is 12.1 Å². The van der Waals surface area contributed by atoms with Gasteiger partial charge in [-0.2, -0.15) is 0 Å². The predicted molar refractivity (Wildman–Crippen MR) is 86.2 cm³/mol. The van der Waals surface area contributed by atoms with Crippen LogP contribution in [0, 0.1) is 3.57 Å². The summed E-state index contributed by atoms with van der Waals surface area (Å²) in [6.07, 6.45) is 2.42. The van der Waals surface area contributed by atoms with Crippen molar-refractivity contribution < 1.29 is 4.79 Å². The molecule has 1 aromatic carbocycles. The molecule has 0 unspecified atom stereocenters. The molecule has 0 aliphatic heterocycles. The Morgan fingerprint density at radius 3 is 3.00 bits per heavy atom. The molecule has 3 nitrogen and oxygen atoms in total. The monoisotopic (exact) mass is 404 g/mol. The van der Waals surface area contributed by atoms with Gasteiger partial charge in [0.2, 0.25) is 0 Å². The predicted octanol–water partition coefficient (Wildman–Crippen LogP) is 4.53. The standard InChI is InChI=1S/C13H10ClIN2OS/c14-8-3-4-10(15)9(5-8)12(18)17-13-16-11(6-19-13)7-1-2-7/h3-7H,1-2H2,(H,16,17,18). The second-order valence-electron chi connectivity index (χ2n) is 4.43. The summed E-state index contributed by atoms with van der Waals surface area (Å²) in [5.41, 5.74) is 1.68. The Balaban J connectivity index is 1.77. The SMILES string of the molecule is O=C(Nc1nc(C2CC2)cs1)c1cc(Cl)ccc1I. The molecule has 2 aromatic rings. The topological polar surface area (TPSA) is 42.0 Å². The minimum atomic E-state index is -0.163. The average Bonchev–Trinajstić information content (AvgIpc) is 3.13. The van der Waals surface area contributed by atoms with Gasteiger partial charge in [-0.15, -0.1) is 11.3 Å². The number of thiazole rings is 1. The molecule has 0 saturated heterocycles. The fraction of sp³-hybridized carbons (Fsp3) is 0.231. The number of benzene rings is 1. The summed E-state index contributed by atoms with van der Waals surface area (Å²) in [5, 5.41) is 6.07. The molecule has 1 aliphatic rings. The largest absolute Gasteiger partial charge is 0.298 e. The Labute approximate surface area is 133 Å². The van der Waals surface area contributed by atoms with E-state index in [9.17, 15) is 4.79 Å². The Morgan fingerprint density at radius 2 is 2.26 bits per heavy atom. The van der Waals surface area contributed by atoms with E-state index < -0.39 is 0 Å². The van der Waals surface area contributed by atoms with E-state index >= 15 is 0 Å². The van der Waals surface area contributed by atoms with Crippen LogP contribution in [-0.4, -0.2) is 10.9 Å². The van der Waals surface area contributed by atoms with Gasteiger partial charge in [-0.1, -0.05) is 11.6 Å². The van der Waals surface area contributed by atoms with Crippen molar-refractivity contribution in [2.45, 2.75) is 18.8 Å². The van der Waals surface area contributed by atoms with Crippen LogP contribution >= 0.6 is 45.5 Å². The van der Waals surface area contributed by atoms with Crippen LogP contribution in [0.25, 0.3) is 0 Å². The number of nitrogens with one attached hydrogen (secondary N) is 1. The second-order valence-corrected chi connectivity index (χ2v) is 6.89. The molecular formula is C13H10ClIN2OS. The fourth-order valence-corrected chi connectivity index (χ4v) is 3.29. The van der Waals surface area contributed by atoms with Gasteiger partial charge in [-0.05, 0) is 53.6 Å². The van der Waals surface area contributed by atoms with Gasteiger partial charge in [0.05, 0.1) is 11.3 Å². The van der Waals surface area contributed by atoms with Crippen molar-refractivity contribution in [2.24, 2.45) is 0 Å². The number of carbonyl (C=O) groups is 1. The van der Waals surface area contributed by atoms with Crippen molar-refractivity contribution in [1.82, 2.24) is 4.98 Å². The quantitative estimate of drug-likeness (QED) is 0.764. The summed E-state index contributed by atoms with van der Waals surface area (Å²) in [4.78, 5) is 16.6. The highest BCUT2D eigenvalue weighted by molar-refractivity contribution is 14.1. The van der Waals surface area contributed by atoms with E-state index in [0.29, 0.717) is 21.6 Å². The third-order valence-electron chi connectivity index (χ3n) is 2.91. The number of amides is 1. The minimum Gasteiger partial charge on any atom is -0.298 e. The summed E-state index contributed by atoms with van der Waals surface area (Å²) in [6, 6.07) is 5.28. The van der Waals surface area contributed by atoms with Gasteiger partial charge in [-0.25, -0.2) is 4.98 Å². The molecule has 1 aliphatic carbocycles. The zero-order valence-electron chi connectivity index (χ0n) is 9.82. The lowest BCUT2D eigenvalue weighted by Gasteiger charge is -2.04. The summed E-state index contributed by atoms with van der Waals surface area (Å²) in [7, 11) is 0. The van der Waals surface area contributed by atoms with Crippen LogP contribution in [0.2, 0.25) is 5.02 Å². The van der Waals surface area contributed by atoms with E-state index in [1.165, 1.54) is 24.2 Å². The van der Waals surface area contributed by atoms with E-state index in [0.717, 1.165) is 9.26 Å². The third kappa shape index (κ3) is 3.09. The normalized spacial score (nSPS) is 14.4. The number of hydrogen-bond acceptors (Lipinski definition) is 3. The molecule has 1 N–H and O–H groups in total. The Morgan fingerprint density at radius 1 is 1.47 bits per heavy atom. The Bertz CT molecular complexity index is 639. The van der Waals surface area contributed by atoms with Crippen LogP contribution in [-0.2, 0) is 0 Å². The maximum absolute atomic E-state index is 12.2. The smallest absolute Gasteiger partial charge is 0.258 e. The zero-order valence-corrected chi connectivity index (χ0v) is 13.6. The van der Waals surface area contributed by atoms with Crippen molar-refractivity contribution in [3.8, 4) is 0 Å². The maximum atomic E-state index is 12.2. The first-order valence-corrected chi connectivity index (χ1v) is 8.19. The van der Waals surface area contributed by atoms with Crippen LogP contribution in [0.3, 0.4) is 0 Å². The highest BCUT2D eigenvalue weighted by Crippen LogP contribution is 2.40. The molecule has 0 bridgehead atoms. The number of hydrogen-bond donors (Lipinski definition) is 1. The van der Waals surface area contributed by atoms with Gasteiger partial charge in [0, 0.05) is 19.9 Å². The van der Waals surface area contributed by atoms with Crippen molar-refractivity contribution in [2.75, 3.05) is 5.32 Å². The number of aromatic nitrogens is 1. The Kier molecular flexibility index (Phi) is 3.77. The van der Waals surface area contributed by atoms with Gasteiger partial charge >= 0.3 is 0 Å². The molecule has 1 saturated carbocycles. The maximum Gasteiger partial charge on any atom is 0.258 e. The number of nitrogens with zero attached hydrogens (tertiary/aromatic N) is 1. The fourth-order valence-electron chi connectivity index (χ4n) is 1.75. The van der Waals surface area contributed by atoms with Crippen molar-refractivity contribution >= 4 is 56.6 Å². The van der Waals surface area contributed by atoms with Crippen LogP contribution in [0.15, 0.2) is 23.6 Å². The highest BCUT2D eigenvalue weighted by Gasteiger charge is 2.26. The highest BCUT2D eigenvalue weighted by atomic mass is 127. The molecule has 3 rings (SSSR count). The molecule has 0 radical (unpaired) electrons. The summed E-state index contributed by atoms with van der Waals surface area (Å²) < 4.78 is 0.874. The molecule has 98 valence electrons. The van der Waals surface area contributed by atoms with E-state index in [1.807, 2.05) is 11.4 Å². The Hall–Kier alpha value is -0.660. The molecule has 6 heteroatoms. The molecular weight excluding hydrogens is 395 g/mol. The number of rotatable bonds is 3. The van der Waals surface area contributed by atoms with E-state index in [4.69, 9.17) is 11.6 Å². The first-order chi connectivity index (χ1) is 9.13. The molecule has 19 heavy (non-hydrogen) atoms. The van der Waals surface area contributed by atoms with Crippen LogP contribution in [0.1, 0.15) is 34.8 Å². The van der Waals surface area contributed by atoms with Crippen molar-refractivity contribution in [3.63, 3.8) is 0 Å². The van der Waals surface area contributed by atoms with Crippen LogP contribution in [0.5, 0.6) is 0 Å². The molecule has 1 aromatic heterocycles. The number of anilines is 1. The number of carbonyl (C=O) groups excluding carboxylic acids is 1. The van der Waals surface area contributed by atoms with Crippen LogP contribution in [0.4, 0.5) is 5.13 Å². The van der Waals surface area contributed by atoms with Gasteiger partial charge in [0.1, 0.15) is 0 Å². The first kappa shape index (κ1) is 13.3. The lowest BCUT2D eigenvalue weighted by atomic mass is 10.2. The van der Waals surface area contributed by atoms with Gasteiger partial charge in [-0.3, -0.25) is 10.1 Å². The average molecular weight is 405 g/mol. The first-order valence-electron chi connectivity index (χ1n) is 5.85. The van der Waals surface area contributed by atoms with Crippen LogP contribution < -0.4 is 5.32 Å².